The normalized spacial score (nSPS) is 13.0. The van der Waals surface area contributed by atoms with Crippen molar-refractivity contribution in [1.82, 2.24) is 4.90 Å². The zero-order valence-electron chi connectivity index (χ0n) is 12.4. The average Bonchev–Trinajstić information content (AvgIpc) is 2.38. The number of nitrogens with two attached hydrogens (primary N) is 1. The lowest BCUT2D eigenvalue weighted by atomic mass is 10.1. The topological polar surface area (TPSA) is 47.7 Å². The van der Waals surface area contributed by atoms with Gasteiger partial charge in [0.2, 0.25) is 0 Å². The third kappa shape index (κ3) is 5.19. The van der Waals surface area contributed by atoms with Gasteiger partial charge in [0.15, 0.2) is 0 Å². The van der Waals surface area contributed by atoms with Crippen LogP contribution in [0, 0.1) is 0 Å². The van der Waals surface area contributed by atoms with Crippen LogP contribution in [0.1, 0.15) is 25.5 Å². The Balaban J connectivity index is 2.70. The molecule has 0 aliphatic rings. The van der Waals surface area contributed by atoms with Crippen molar-refractivity contribution in [3.63, 3.8) is 0 Å². The van der Waals surface area contributed by atoms with Crippen LogP contribution >= 0.6 is 0 Å². The monoisotopic (exact) mass is 266 g/mol. The average molecular weight is 266 g/mol. The highest BCUT2D eigenvalue weighted by Gasteiger charge is 2.15. The van der Waals surface area contributed by atoms with Crippen LogP contribution in [0.15, 0.2) is 24.3 Å². The van der Waals surface area contributed by atoms with Crippen LogP contribution in [0.25, 0.3) is 0 Å². The fourth-order valence-corrected chi connectivity index (χ4v) is 2.00. The maximum absolute atomic E-state index is 5.88. The first kappa shape index (κ1) is 16.0. The van der Waals surface area contributed by atoms with Crippen LogP contribution in [0.4, 0.5) is 0 Å². The number of hydrogen-bond acceptors (Lipinski definition) is 4. The van der Waals surface area contributed by atoms with Gasteiger partial charge in [-0.2, -0.15) is 0 Å². The first-order chi connectivity index (χ1) is 9.08. The number of rotatable bonds is 8. The Morgan fingerprint density at radius 1 is 1.21 bits per heavy atom. The molecule has 108 valence electrons. The molecule has 4 heteroatoms. The zero-order chi connectivity index (χ0) is 14.3. The van der Waals surface area contributed by atoms with Gasteiger partial charge in [0.25, 0.3) is 0 Å². The molecule has 0 aromatic heterocycles. The summed E-state index contributed by atoms with van der Waals surface area (Å²) in [5, 5.41) is 0. The minimum absolute atomic E-state index is 0.195. The van der Waals surface area contributed by atoms with E-state index in [-0.39, 0.29) is 12.1 Å². The van der Waals surface area contributed by atoms with Gasteiger partial charge in [-0.05, 0) is 38.6 Å². The van der Waals surface area contributed by atoms with E-state index in [1.54, 1.807) is 7.11 Å². The van der Waals surface area contributed by atoms with Crippen LogP contribution in [-0.4, -0.2) is 44.9 Å². The summed E-state index contributed by atoms with van der Waals surface area (Å²) in [5.41, 5.74) is 7.09. The van der Waals surface area contributed by atoms with Crippen molar-refractivity contribution in [2.75, 3.05) is 33.9 Å². The zero-order valence-corrected chi connectivity index (χ0v) is 12.4. The Bertz CT molecular complexity index is 352. The Morgan fingerprint density at radius 3 is 2.32 bits per heavy atom. The summed E-state index contributed by atoms with van der Waals surface area (Å²) in [6, 6.07) is 8.38. The smallest absolute Gasteiger partial charge is 0.119 e. The van der Waals surface area contributed by atoms with Gasteiger partial charge >= 0.3 is 0 Å². The van der Waals surface area contributed by atoms with E-state index in [1.807, 2.05) is 26.0 Å². The highest BCUT2D eigenvalue weighted by molar-refractivity contribution is 5.29. The van der Waals surface area contributed by atoms with Gasteiger partial charge in [0.1, 0.15) is 5.75 Å². The number of benzene rings is 1. The number of likely N-dealkylation sites (N-methyl/N-ethyl adjacent to an activating group) is 1. The van der Waals surface area contributed by atoms with E-state index in [9.17, 15) is 0 Å². The molecular weight excluding hydrogens is 240 g/mol. The third-order valence-electron chi connectivity index (χ3n) is 3.04. The van der Waals surface area contributed by atoms with Gasteiger partial charge in [0, 0.05) is 26.2 Å². The molecule has 0 saturated carbocycles. The Hall–Kier alpha value is -1.10. The lowest BCUT2D eigenvalue weighted by Crippen LogP contribution is -2.32. The summed E-state index contributed by atoms with van der Waals surface area (Å²) < 4.78 is 10.7. The molecular formula is C15H26N2O2. The second kappa shape index (κ2) is 8.15. The molecule has 0 saturated heterocycles. The lowest BCUT2D eigenvalue weighted by molar-refractivity contribution is 0.140. The van der Waals surface area contributed by atoms with Crippen molar-refractivity contribution in [3.05, 3.63) is 29.8 Å². The quantitative estimate of drug-likeness (QED) is 0.782. The largest absolute Gasteiger partial charge is 0.491 e. The molecule has 2 N–H and O–H groups in total. The van der Waals surface area contributed by atoms with Crippen LogP contribution < -0.4 is 10.5 Å². The molecule has 4 nitrogen and oxygen atoms in total. The lowest BCUT2D eigenvalue weighted by Gasteiger charge is -2.27. The summed E-state index contributed by atoms with van der Waals surface area (Å²) >= 11 is 0. The molecule has 1 rings (SSSR count). The Morgan fingerprint density at radius 2 is 1.84 bits per heavy atom. The van der Waals surface area contributed by atoms with Gasteiger partial charge in [-0.25, -0.2) is 0 Å². The van der Waals surface area contributed by atoms with Gasteiger partial charge in [-0.1, -0.05) is 12.1 Å². The molecule has 1 atom stereocenters. The standard InChI is InChI=1S/C15H26N2O2/c1-12(2)19-14-7-5-13(6-8-14)15(11-16)17(3)9-10-18-4/h5-8,12,15H,9-11,16H2,1-4H3. The van der Waals surface area contributed by atoms with E-state index in [1.165, 1.54) is 5.56 Å². The number of hydrogen-bond donors (Lipinski definition) is 1. The third-order valence-corrected chi connectivity index (χ3v) is 3.04. The van der Waals surface area contributed by atoms with Gasteiger partial charge in [0.05, 0.1) is 12.7 Å². The summed E-state index contributed by atoms with van der Waals surface area (Å²) in [5.74, 6) is 0.897. The van der Waals surface area contributed by atoms with E-state index < -0.39 is 0 Å². The van der Waals surface area contributed by atoms with E-state index in [2.05, 4.69) is 24.1 Å². The van der Waals surface area contributed by atoms with Gasteiger partial charge in [-0.3, -0.25) is 4.90 Å². The van der Waals surface area contributed by atoms with Crippen LogP contribution in [0.5, 0.6) is 5.75 Å². The Kier molecular flexibility index (Phi) is 6.84. The molecule has 1 aromatic rings. The molecule has 1 unspecified atom stereocenters. The van der Waals surface area contributed by atoms with Crippen LogP contribution in [0.3, 0.4) is 0 Å². The first-order valence-electron chi connectivity index (χ1n) is 6.74. The van der Waals surface area contributed by atoms with Crippen LogP contribution in [0.2, 0.25) is 0 Å². The predicted octanol–water partition coefficient (Wildman–Crippen LogP) is 2.05. The second-order valence-electron chi connectivity index (χ2n) is 4.96. The van der Waals surface area contributed by atoms with Gasteiger partial charge < -0.3 is 15.2 Å². The molecule has 0 aliphatic carbocycles. The summed E-state index contributed by atoms with van der Waals surface area (Å²) in [4.78, 5) is 2.21. The second-order valence-corrected chi connectivity index (χ2v) is 4.96. The van der Waals surface area contributed by atoms with Crippen LogP contribution in [-0.2, 0) is 4.74 Å². The van der Waals surface area contributed by atoms with Crippen molar-refractivity contribution in [2.24, 2.45) is 5.73 Å². The van der Waals surface area contributed by atoms with Crippen molar-refractivity contribution in [2.45, 2.75) is 26.0 Å². The predicted molar refractivity (Wildman–Crippen MR) is 78.5 cm³/mol. The molecule has 0 heterocycles. The fraction of sp³-hybridized carbons (Fsp3) is 0.600. The number of ether oxygens (including phenoxy) is 2. The molecule has 1 aromatic carbocycles. The minimum atomic E-state index is 0.195. The maximum atomic E-state index is 5.88. The van der Waals surface area contributed by atoms with E-state index in [4.69, 9.17) is 15.2 Å². The Labute approximate surface area is 116 Å². The van der Waals surface area contributed by atoms with Crippen molar-refractivity contribution >= 4 is 0 Å². The van der Waals surface area contributed by atoms with E-state index in [0.717, 1.165) is 12.3 Å². The first-order valence-corrected chi connectivity index (χ1v) is 6.74. The molecule has 0 amide bonds. The van der Waals surface area contributed by atoms with Crippen molar-refractivity contribution < 1.29 is 9.47 Å². The highest BCUT2D eigenvalue weighted by Crippen LogP contribution is 2.21. The summed E-state index contributed by atoms with van der Waals surface area (Å²) in [7, 11) is 3.78. The van der Waals surface area contributed by atoms with Crippen molar-refractivity contribution in [1.29, 1.82) is 0 Å². The number of methoxy groups -OCH3 is 1. The molecule has 0 bridgehead atoms. The summed E-state index contributed by atoms with van der Waals surface area (Å²) in [6.45, 7) is 6.21. The fourth-order valence-electron chi connectivity index (χ4n) is 2.00. The van der Waals surface area contributed by atoms with E-state index in [0.29, 0.717) is 13.2 Å². The molecule has 0 spiro atoms. The molecule has 0 radical (unpaired) electrons. The van der Waals surface area contributed by atoms with Crippen molar-refractivity contribution in [3.8, 4) is 5.75 Å². The molecule has 19 heavy (non-hydrogen) atoms. The minimum Gasteiger partial charge on any atom is -0.491 e. The SMILES string of the molecule is COCCN(C)C(CN)c1ccc(OC(C)C)cc1. The van der Waals surface area contributed by atoms with Gasteiger partial charge in [-0.15, -0.1) is 0 Å². The number of nitrogens with zero attached hydrogens (tertiary/aromatic N) is 1. The maximum Gasteiger partial charge on any atom is 0.119 e. The molecule has 0 aliphatic heterocycles. The summed E-state index contributed by atoms with van der Waals surface area (Å²) in [6.07, 6.45) is 0.195. The molecule has 0 fully saturated rings. The van der Waals surface area contributed by atoms with E-state index >= 15 is 0 Å². The highest BCUT2D eigenvalue weighted by atomic mass is 16.5.